The number of hydrogen-bond donors (Lipinski definition) is 2. The molecule has 3 N–H and O–H groups in total. The summed E-state index contributed by atoms with van der Waals surface area (Å²) in [6.07, 6.45) is 3.35. The Morgan fingerprint density at radius 1 is 1.10 bits per heavy atom. The first-order valence-corrected chi connectivity index (χ1v) is 10.4. The van der Waals surface area contributed by atoms with E-state index in [0.717, 1.165) is 59.6 Å². The zero-order valence-electron chi connectivity index (χ0n) is 17.3. The van der Waals surface area contributed by atoms with Gasteiger partial charge in [-0.25, -0.2) is 9.97 Å². The van der Waals surface area contributed by atoms with Crippen LogP contribution < -0.4 is 10.6 Å². The number of pyridine rings is 1. The molecule has 1 unspecified atom stereocenters. The van der Waals surface area contributed by atoms with Gasteiger partial charge in [0.1, 0.15) is 0 Å². The van der Waals surface area contributed by atoms with Crippen LogP contribution in [0.25, 0.3) is 22.2 Å². The normalized spacial score (nSPS) is 16.5. The minimum atomic E-state index is -0.251. The van der Waals surface area contributed by atoms with Crippen molar-refractivity contribution in [3.8, 4) is 11.3 Å². The van der Waals surface area contributed by atoms with Gasteiger partial charge in [0, 0.05) is 29.7 Å². The van der Waals surface area contributed by atoms with E-state index >= 15 is 0 Å². The van der Waals surface area contributed by atoms with Gasteiger partial charge in [-0.05, 0) is 43.7 Å². The van der Waals surface area contributed by atoms with E-state index in [1.54, 1.807) is 6.20 Å². The molecular weight excluding hydrogens is 362 g/mol. The maximum absolute atomic E-state index is 10.4. The highest BCUT2D eigenvalue weighted by atomic mass is 16.3. The van der Waals surface area contributed by atoms with Gasteiger partial charge in [0.2, 0.25) is 0 Å². The van der Waals surface area contributed by atoms with Crippen LogP contribution >= 0.6 is 0 Å². The van der Waals surface area contributed by atoms with Crippen LogP contribution in [0.15, 0.2) is 36.5 Å². The largest absolute Gasteiger partial charge is 0.393 e. The lowest BCUT2D eigenvalue weighted by Crippen LogP contribution is -2.40. The lowest BCUT2D eigenvalue weighted by Gasteiger charge is -2.36. The Hall–Kier alpha value is -2.73. The van der Waals surface area contributed by atoms with Gasteiger partial charge in [0.25, 0.3) is 0 Å². The van der Waals surface area contributed by atoms with Crippen molar-refractivity contribution >= 4 is 22.5 Å². The van der Waals surface area contributed by atoms with Crippen molar-refractivity contribution in [1.82, 2.24) is 15.0 Å². The number of benzene rings is 1. The molecular formula is C23H29N5O. The van der Waals surface area contributed by atoms with E-state index in [1.165, 1.54) is 0 Å². The highest BCUT2D eigenvalue weighted by Crippen LogP contribution is 2.32. The van der Waals surface area contributed by atoms with Crippen molar-refractivity contribution in [2.75, 3.05) is 23.7 Å². The van der Waals surface area contributed by atoms with Crippen LogP contribution in [-0.2, 0) is 0 Å². The smallest absolute Gasteiger partial charge is 0.172 e. The van der Waals surface area contributed by atoms with Crippen LogP contribution in [0.5, 0.6) is 0 Å². The second kappa shape index (κ2) is 7.95. The number of aliphatic hydroxyl groups is 1. The Bertz CT molecular complexity index is 1010. The van der Waals surface area contributed by atoms with Crippen LogP contribution in [0.1, 0.15) is 32.4 Å². The molecule has 2 aromatic heterocycles. The molecule has 6 heteroatoms. The molecule has 0 saturated carbocycles. The van der Waals surface area contributed by atoms with Crippen LogP contribution in [0.3, 0.4) is 0 Å². The molecule has 1 aliphatic rings. The Balaban J connectivity index is 1.63. The summed E-state index contributed by atoms with van der Waals surface area (Å²) in [5.41, 5.74) is 9.95. The topological polar surface area (TPSA) is 88.2 Å². The predicted molar refractivity (Wildman–Crippen MR) is 118 cm³/mol. The van der Waals surface area contributed by atoms with E-state index < -0.39 is 0 Å². The summed E-state index contributed by atoms with van der Waals surface area (Å²) < 4.78 is 0. The third-order valence-electron chi connectivity index (χ3n) is 5.93. The first-order valence-electron chi connectivity index (χ1n) is 10.4. The number of aliphatic hydroxyl groups excluding tert-OH is 1. The highest BCUT2D eigenvalue weighted by molar-refractivity contribution is 5.93. The lowest BCUT2D eigenvalue weighted by molar-refractivity contribution is 0.0526. The van der Waals surface area contributed by atoms with Gasteiger partial charge in [-0.3, -0.25) is 4.98 Å². The third-order valence-corrected chi connectivity index (χ3v) is 5.93. The van der Waals surface area contributed by atoms with E-state index in [1.807, 2.05) is 25.1 Å². The van der Waals surface area contributed by atoms with Gasteiger partial charge in [-0.1, -0.05) is 32.0 Å². The summed E-state index contributed by atoms with van der Waals surface area (Å²) in [7, 11) is 0. The number of piperidine rings is 1. The number of nitrogens with two attached hydrogens (primary N) is 1. The maximum Gasteiger partial charge on any atom is 0.172 e. The first kappa shape index (κ1) is 19.6. The second-order valence-corrected chi connectivity index (χ2v) is 8.35. The molecule has 29 heavy (non-hydrogen) atoms. The van der Waals surface area contributed by atoms with Crippen LogP contribution in [-0.4, -0.2) is 39.3 Å². The summed E-state index contributed by atoms with van der Waals surface area (Å²) in [6, 6.07) is 10.2. The zero-order chi connectivity index (χ0) is 20.5. The van der Waals surface area contributed by atoms with E-state index in [-0.39, 0.29) is 12.0 Å². The van der Waals surface area contributed by atoms with Crippen molar-refractivity contribution in [2.24, 2.45) is 11.8 Å². The van der Waals surface area contributed by atoms with Gasteiger partial charge >= 0.3 is 0 Å². The van der Waals surface area contributed by atoms with E-state index in [2.05, 4.69) is 40.8 Å². The van der Waals surface area contributed by atoms with Gasteiger partial charge in [-0.2, -0.15) is 0 Å². The van der Waals surface area contributed by atoms with Gasteiger partial charge in [0.15, 0.2) is 11.6 Å². The zero-order valence-corrected chi connectivity index (χ0v) is 17.3. The average Bonchev–Trinajstić information content (AvgIpc) is 2.73. The molecule has 6 nitrogen and oxygen atoms in total. The summed E-state index contributed by atoms with van der Waals surface area (Å²) in [5, 5.41) is 11.5. The van der Waals surface area contributed by atoms with E-state index in [4.69, 9.17) is 10.7 Å². The molecule has 1 atom stereocenters. The summed E-state index contributed by atoms with van der Waals surface area (Å²) in [5.74, 6) is 1.79. The number of hydrogen-bond acceptors (Lipinski definition) is 6. The van der Waals surface area contributed by atoms with Crippen molar-refractivity contribution in [2.45, 2.75) is 39.7 Å². The van der Waals surface area contributed by atoms with Gasteiger partial charge in [-0.15, -0.1) is 0 Å². The van der Waals surface area contributed by atoms with E-state index in [9.17, 15) is 5.11 Å². The Morgan fingerprint density at radius 3 is 2.59 bits per heavy atom. The van der Waals surface area contributed by atoms with Crippen LogP contribution in [0.2, 0.25) is 0 Å². The standard InChI is InChI=1S/C23H29N5O/c1-14(2)21(29)16-9-11-28(12-10-16)23-22(24)25-13-20(27-23)17-5-4-6-19-18(17)8-7-15(3)26-19/h4-8,13-14,16,21,29H,9-12H2,1-3H3,(H2,24,25). The SMILES string of the molecule is Cc1ccc2c(-c3cnc(N)c(N4CCC(C(O)C(C)C)CC4)n3)cccc2n1. The number of fused-ring (bicyclic) bond motifs is 1. The minimum absolute atomic E-state index is 0.251. The number of nitrogens with zero attached hydrogens (tertiary/aromatic N) is 4. The Labute approximate surface area is 171 Å². The second-order valence-electron chi connectivity index (χ2n) is 8.35. The molecule has 4 rings (SSSR count). The average molecular weight is 392 g/mol. The number of aromatic nitrogens is 3. The number of rotatable bonds is 4. The minimum Gasteiger partial charge on any atom is -0.393 e. The molecule has 1 saturated heterocycles. The van der Waals surface area contributed by atoms with E-state index in [0.29, 0.717) is 11.7 Å². The molecule has 0 bridgehead atoms. The monoisotopic (exact) mass is 391 g/mol. The van der Waals surface area contributed by atoms with Crippen LogP contribution in [0.4, 0.5) is 11.6 Å². The number of anilines is 2. The Kier molecular flexibility index (Phi) is 5.37. The third kappa shape index (κ3) is 3.90. The predicted octanol–water partition coefficient (Wildman–Crippen LogP) is 3.82. The molecule has 1 aliphatic heterocycles. The molecule has 3 aromatic rings. The van der Waals surface area contributed by atoms with Crippen LogP contribution in [0, 0.1) is 18.8 Å². The fraction of sp³-hybridized carbons (Fsp3) is 0.435. The van der Waals surface area contributed by atoms with Crippen molar-refractivity contribution in [1.29, 1.82) is 0 Å². The van der Waals surface area contributed by atoms with Gasteiger partial charge < -0.3 is 15.7 Å². The highest BCUT2D eigenvalue weighted by Gasteiger charge is 2.28. The quantitative estimate of drug-likeness (QED) is 0.703. The molecule has 1 fully saturated rings. The number of aryl methyl sites for hydroxylation is 1. The fourth-order valence-corrected chi connectivity index (χ4v) is 4.23. The maximum atomic E-state index is 10.4. The molecule has 3 heterocycles. The molecule has 0 amide bonds. The number of nitrogen functional groups attached to an aromatic ring is 1. The van der Waals surface area contributed by atoms with Gasteiger partial charge in [0.05, 0.1) is 23.5 Å². The summed E-state index contributed by atoms with van der Waals surface area (Å²) >= 11 is 0. The molecule has 0 spiro atoms. The van der Waals surface area contributed by atoms with Crippen molar-refractivity contribution < 1.29 is 5.11 Å². The van der Waals surface area contributed by atoms with Crippen molar-refractivity contribution in [3.63, 3.8) is 0 Å². The first-order chi connectivity index (χ1) is 13.9. The fourth-order valence-electron chi connectivity index (χ4n) is 4.23. The lowest BCUT2D eigenvalue weighted by atomic mass is 9.86. The Morgan fingerprint density at radius 2 is 1.86 bits per heavy atom. The summed E-state index contributed by atoms with van der Waals surface area (Å²) in [4.78, 5) is 16.2. The molecule has 152 valence electrons. The molecule has 1 aromatic carbocycles. The molecule has 0 aliphatic carbocycles. The molecule has 0 radical (unpaired) electrons. The van der Waals surface area contributed by atoms with Crippen molar-refractivity contribution in [3.05, 3.63) is 42.2 Å². The summed E-state index contributed by atoms with van der Waals surface area (Å²) in [6.45, 7) is 7.79.